The third-order valence-electron chi connectivity index (χ3n) is 4.79. The number of nitrogens with zero attached hydrogens (tertiary/aromatic N) is 1. The lowest BCUT2D eigenvalue weighted by atomic mass is 9.89. The molecule has 3 nitrogen and oxygen atoms in total. The van der Waals surface area contributed by atoms with Crippen molar-refractivity contribution in [1.29, 1.82) is 0 Å². The lowest BCUT2D eigenvalue weighted by molar-refractivity contribution is 0.0375. The van der Waals surface area contributed by atoms with E-state index in [4.69, 9.17) is 0 Å². The molecule has 3 unspecified atom stereocenters. The number of aliphatic hydroxyl groups is 1. The summed E-state index contributed by atoms with van der Waals surface area (Å²) in [5, 5.41) is 12.8. The molecule has 3 atom stereocenters. The summed E-state index contributed by atoms with van der Waals surface area (Å²) in [5.74, 6) is 0.957. The quantitative estimate of drug-likeness (QED) is 0.786. The van der Waals surface area contributed by atoms with E-state index in [0.717, 1.165) is 32.0 Å². The van der Waals surface area contributed by atoms with Gasteiger partial charge in [0.1, 0.15) is 0 Å². The van der Waals surface area contributed by atoms with Crippen molar-refractivity contribution in [3.8, 4) is 0 Å². The van der Waals surface area contributed by atoms with Gasteiger partial charge in [0.05, 0.1) is 12.6 Å². The Morgan fingerprint density at radius 3 is 2.55 bits per heavy atom. The van der Waals surface area contributed by atoms with Crippen molar-refractivity contribution >= 4 is 0 Å². The molecule has 118 valence electrons. The van der Waals surface area contributed by atoms with Crippen molar-refractivity contribution in [2.75, 3.05) is 26.2 Å². The Kier molecular flexibility index (Phi) is 6.18. The number of nitrogens with one attached hydrogen (secondary N) is 1. The van der Waals surface area contributed by atoms with Crippen molar-refractivity contribution in [3.63, 3.8) is 0 Å². The average molecular weight is 290 g/mol. The molecule has 2 N–H and O–H groups in total. The van der Waals surface area contributed by atoms with Crippen molar-refractivity contribution in [2.24, 2.45) is 11.8 Å². The molecule has 20 heavy (non-hydrogen) atoms. The van der Waals surface area contributed by atoms with Crippen molar-refractivity contribution in [3.05, 3.63) is 0 Å². The first-order chi connectivity index (χ1) is 9.54. The fraction of sp³-hybridized carbons (Fsp3) is 1.00. The van der Waals surface area contributed by atoms with Gasteiger partial charge in [0.15, 0.2) is 0 Å². The summed E-state index contributed by atoms with van der Waals surface area (Å²) in [5.41, 5.74) is 0. The first kappa shape index (κ1) is 16.1. The molecule has 2 fully saturated rings. The minimum absolute atomic E-state index is 0.0822. The van der Waals surface area contributed by atoms with Gasteiger partial charge in [0, 0.05) is 25.7 Å². The molecule has 0 spiro atoms. The van der Waals surface area contributed by atoms with Crippen molar-refractivity contribution in [2.45, 2.75) is 57.6 Å². The van der Waals surface area contributed by atoms with Crippen LogP contribution in [0.25, 0.3) is 0 Å². The van der Waals surface area contributed by atoms with Crippen LogP contribution in [-0.4, -0.2) is 54.8 Å². The molecule has 0 amide bonds. The van der Waals surface area contributed by atoms with Crippen LogP contribution in [0.4, 0.5) is 8.78 Å². The van der Waals surface area contributed by atoms with Gasteiger partial charge in [0.25, 0.3) is 6.43 Å². The number of hydrogen-bond donors (Lipinski definition) is 2. The van der Waals surface area contributed by atoms with Crippen LogP contribution in [0.1, 0.15) is 39.0 Å². The molecule has 0 bridgehead atoms. The van der Waals surface area contributed by atoms with Crippen LogP contribution >= 0.6 is 0 Å². The predicted molar refractivity (Wildman–Crippen MR) is 76.0 cm³/mol. The second-order valence-electron chi connectivity index (χ2n) is 6.60. The van der Waals surface area contributed by atoms with Crippen molar-refractivity contribution in [1.82, 2.24) is 10.2 Å². The molecular formula is C15H28F2N2O. The van der Waals surface area contributed by atoms with Crippen LogP contribution in [0.5, 0.6) is 0 Å². The highest BCUT2D eigenvalue weighted by atomic mass is 19.3. The highest BCUT2D eigenvalue weighted by Gasteiger charge is 2.31. The van der Waals surface area contributed by atoms with E-state index in [2.05, 4.69) is 10.2 Å². The Morgan fingerprint density at radius 2 is 1.95 bits per heavy atom. The Morgan fingerprint density at radius 1 is 1.25 bits per heavy atom. The highest BCUT2D eigenvalue weighted by Crippen LogP contribution is 2.28. The number of piperidine rings is 1. The van der Waals surface area contributed by atoms with Gasteiger partial charge in [0.2, 0.25) is 0 Å². The van der Waals surface area contributed by atoms with E-state index in [9.17, 15) is 13.9 Å². The fourth-order valence-corrected chi connectivity index (χ4v) is 3.69. The van der Waals surface area contributed by atoms with Crippen molar-refractivity contribution < 1.29 is 13.9 Å². The number of likely N-dealkylation sites (tertiary alicyclic amines) is 1. The van der Waals surface area contributed by atoms with Crippen LogP contribution < -0.4 is 5.32 Å². The monoisotopic (exact) mass is 290 g/mol. The van der Waals surface area contributed by atoms with Gasteiger partial charge in [-0.2, -0.15) is 0 Å². The number of alkyl halides is 2. The lowest BCUT2D eigenvalue weighted by Gasteiger charge is -2.40. The lowest BCUT2D eigenvalue weighted by Crippen LogP contribution is -2.53. The summed E-state index contributed by atoms with van der Waals surface area (Å²) in [6.45, 7) is 4.38. The van der Waals surface area contributed by atoms with Gasteiger partial charge in [-0.1, -0.05) is 12.8 Å². The fourth-order valence-electron chi connectivity index (χ4n) is 3.69. The summed E-state index contributed by atoms with van der Waals surface area (Å²) >= 11 is 0. The molecule has 5 heteroatoms. The molecule has 1 heterocycles. The topological polar surface area (TPSA) is 35.5 Å². The number of rotatable bonds is 6. The van der Waals surface area contributed by atoms with Gasteiger partial charge in [-0.15, -0.1) is 0 Å². The van der Waals surface area contributed by atoms with E-state index in [-0.39, 0.29) is 24.6 Å². The highest BCUT2D eigenvalue weighted by molar-refractivity contribution is 4.87. The molecular weight excluding hydrogens is 262 g/mol. The zero-order valence-corrected chi connectivity index (χ0v) is 12.4. The van der Waals surface area contributed by atoms with Gasteiger partial charge in [-0.3, -0.25) is 0 Å². The summed E-state index contributed by atoms with van der Waals surface area (Å²) < 4.78 is 24.7. The summed E-state index contributed by atoms with van der Waals surface area (Å²) in [6.07, 6.45) is 3.38. The molecule has 1 saturated carbocycles. The zero-order chi connectivity index (χ0) is 14.5. The summed E-state index contributed by atoms with van der Waals surface area (Å²) in [4.78, 5) is 2.38. The van der Waals surface area contributed by atoms with E-state index in [1.165, 1.54) is 25.7 Å². The van der Waals surface area contributed by atoms with Gasteiger partial charge < -0.3 is 15.3 Å². The predicted octanol–water partition coefficient (Wildman–Crippen LogP) is 2.10. The second-order valence-corrected chi connectivity index (χ2v) is 6.60. The molecule has 0 radical (unpaired) electrons. The van der Waals surface area contributed by atoms with Gasteiger partial charge in [-0.05, 0) is 38.0 Å². The van der Waals surface area contributed by atoms with Crippen LogP contribution in [0.2, 0.25) is 0 Å². The third-order valence-corrected chi connectivity index (χ3v) is 4.79. The second kappa shape index (κ2) is 7.66. The van der Waals surface area contributed by atoms with Gasteiger partial charge >= 0.3 is 0 Å². The normalized spacial score (nSPS) is 31.1. The molecule has 0 aromatic rings. The Hall–Kier alpha value is -0.260. The van der Waals surface area contributed by atoms with Crippen LogP contribution in [0.3, 0.4) is 0 Å². The minimum Gasteiger partial charge on any atom is -0.393 e. The summed E-state index contributed by atoms with van der Waals surface area (Å²) in [7, 11) is 0. The molecule has 2 aliphatic rings. The standard InChI is InChI=1S/C15H28F2N2O/c1-11(20)13-6-14(18-7-15(16)17)10-19(9-13)8-12-4-2-3-5-12/h11-15,18,20H,2-10H2,1H3. The molecule has 1 aliphatic carbocycles. The smallest absolute Gasteiger partial charge is 0.250 e. The SMILES string of the molecule is CC(O)C1CC(NCC(F)F)CN(CC2CCCC2)C1. The number of hydrogen-bond acceptors (Lipinski definition) is 3. The zero-order valence-electron chi connectivity index (χ0n) is 12.4. The van der Waals surface area contributed by atoms with E-state index in [1.807, 2.05) is 6.92 Å². The largest absolute Gasteiger partial charge is 0.393 e. The average Bonchev–Trinajstić information content (AvgIpc) is 2.89. The number of aliphatic hydroxyl groups excluding tert-OH is 1. The maximum absolute atomic E-state index is 12.3. The van der Waals surface area contributed by atoms with Crippen LogP contribution in [0.15, 0.2) is 0 Å². The van der Waals surface area contributed by atoms with E-state index in [0.29, 0.717) is 0 Å². The molecule has 0 aromatic carbocycles. The maximum atomic E-state index is 12.3. The molecule has 1 saturated heterocycles. The molecule has 1 aliphatic heterocycles. The maximum Gasteiger partial charge on any atom is 0.250 e. The number of halogens is 2. The summed E-state index contributed by atoms with van der Waals surface area (Å²) in [6, 6.07) is 0.0822. The molecule has 0 aromatic heterocycles. The minimum atomic E-state index is -2.30. The van der Waals surface area contributed by atoms with Gasteiger partial charge in [-0.25, -0.2) is 8.78 Å². The first-order valence-corrected chi connectivity index (χ1v) is 7.96. The van der Waals surface area contributed by atoms with Crippen LogP contribution in [-0.2, 0) is 0 Å². The third kappa shape index (κ3) is 4.93. The van der Waals surface area contributed by atoms with E-state index >= 15 is 0 Å². The Balaban J connectivity index is 1.86. The first-order valence-electron chi connectivity index (χ1n) is 7.96. The van der Waals surface area contributed by atoms with E-state index < -0.39 is 6.43 Å². The Bertz CT molecular complexity index is 281. The van der Waals surface area contributed by atoms with Crippen LogP contribution in [0, 0.1) is 11.8 Å². The van der Waals surface area contributed by atoms with E-state index in [1.54, 1.807) is 0 Å². The molecule has 2 rings (SSSR count). The Labute approximate surface area is 120 Å².